The molecule has 38 heavy (non-hydrogen) atoms. The predicted molar refractivity (Wildman–Crippen MR) is 154 cm³/mol. The third-order valence-corrected chi connectivity index (χ3v) is 7.76. The summed E-state index contributed by atoms with van der Waals surface area (Å²) in [5.74, 6) is 1.29. The highest BCUT2D eigenvalue weighted by atomic mass is 35.5. The summed E-state index contributed by atoms with van der Waals surface area (Å²) >= 11 is 7.41. The zero-order chi connectivity index (χ0) is 26.3. The summed E-state index contributed by atoms with van der Waals surface area (Å²) in [6.07, 6.45) is 10.8. The van der Waals surface area contributed by atoms with Crippen molar-refractivity contribution in [3.8, 4) is 11.5 Å². The van der Waals surface area contributed by atoms with Crippen LogP contribution in [-0.4, -0.2) is 33.6 Å². The second kappa shape index (κ2) is 12.5. The van der Waals surface area contributed by atoms with E-state index in [1.165, 1.54) is 18.2 Å². The molecule has 1 aliphatic carbocycles. The molecule has 0 atom stereocenters. The number of hydrogen-bond acceptors (Lipinski definition) is 6. The first-order valence-corrected chi connectivity index (χ1v) is 14.2. The van der Waals surface area contributed by atoms with Gasteiger partial charge in [0.15, 0.2) is 16.7 Å². The Labute approximate surface area is 232 Å². The SMILES string of the molecule is CCOc1cc(/C=C2\SC(=Nc3cccnc3)N(C3CCCCC3)C2=O)ccc1OCc1ccc(Cl)cc1. The molecule has 2 fully saturated rings. The molecule has 1 saturated carbocycles. The van der Waals surface area contributed by atoms with Gasteiger partial charge in [0.2, 0.25) is 0 Å². The summed E-state index contributed by atoms with van der Waals surface area (Å²) in [4.78, 5) is 25.2. The molecule has 1 saturated heterocycles. The van der Waals surface area contributed by atoms with E-state index in [0.29, 0.717) is 39.8 Å². The van der Waals surface area contributed by atoms with Gasteiger partial charge in [0.25, 0.3) is 5.91 Å². The maximum atomic E-state index is 13.6. The Hall–Kier alpha value is -3.29. The fourth-order valence-electron chi connectivity index (χ4n) is 4.65. The second-order valence-electron chi connectivity index (χ2n) is 9.24. The zero-order valence-electron chi connectivity index (χ0n) is 21.3. The Kier molecular flexibility index (Phi) is 8.66. The van der Waals surface area contributed by atoms with Crippen LogP contribution in [-0.2, 0) is 11.4 Å². The van der Waals surface area contributed by atoms with Crippen molar-refractivity contribution in [2.24, 2.45) is 4.99 Å². The van der Waals surface area contributed by atoms with Crippen LogP contribution in [0.15, 0.2) is 76.9 Å². The van der Waals surface area contributed by atoms with E-state index < -0.39 is 0 Å². The normalized spacial score (nSPS) is 18.4. The van der Waals surface area contributed by atoms with E-state index >= 15 is 0 Å². The van der Waals surface area contributed by atoms with Crippen molar-refractivity contribution < 1.29 is 14.3 Å². The molecule has 0 radical (unpaired) electrons. The summed E-state index contributed by atoms with van der Waals surface area (Å²) in [5, 5.41) is 1.41. The van der Waals surface area contributed by atoms with E-state index in [4.69, 9.17) is 26.1 Å². The van der Waals surface area contributed by atoms with Crippen molar-refractivity contribution in [2.45, 2.75) is 51.7 Å². The average Bonchev–Trinajstić information content (AvgIpc) is 3.24. The number of hydrogen-bond donors (Lipinski definition) is 0. The van der Waals surface area contributed by atoms with Gasteiger partial charge in [-0.15, -0.1) is 0 Å². The van der Waals surface area contributed by atoms with E-state index in [1.54, 1.807) is 12.4 Å². The Morgan fingerprint density at radius 2 is 1.89 bits per heavy atom. The molecule has 6 nitrogen and oxygen atoms in total. The number of rotatable bonds is 8. The monoisotopic (exact) mass is 547 g/mol. The number of aromatic nitrogens is 1. The van der Waals surface area contributed by atoms with E-state index in [0.717, 1.165) is 42.5 Å². The number of carbonyl (C=O) groups is 1. The number of carbonyl (C=O) groups excluding carboxylic acids is 1. The van der Waals surface area contributed by atoms with Crippen molar-refractivity contribution in [3.63, 3.8) is 0 Å². The molecule has 2 aliphatic rings. The largest absolute Gasteiger partial charge is 0.490 e. The van der Waals surface area contributed by atoms with Gasteiger partial charge in [0.1, 0.15) is 6.61 Å². The lowest BCUT2D eigenvalue weighted by molar-refractivity contribution is -0.124. The molecule has 1 aliphatic heterocycles. The Morgan fingerprint density at radius 3 is 2.63 bits per heavy atom. The van der Waals surface area contributed by atoms with Gasteiger partial charge in [-0.25, -0.2) is 4.99 Å². The number of thioether (sulfide) groups is 1. The van der Waals surface area contributed by atoms with Gasteiger partial charge in [-0.2, -0.15) is 0 Å². The maximum absolute atomic E-state index is 13.6. The van der Waals surface area contributed by atoms with Crippen LogP contribution in [0, 0.1) is 0 Å². The standard InChI is InChI=1S/C30H30ClN3O3S/c1-2-36-27-17-22(12-15-26(27)37-20-21-10-13-23(31)14-11-21)18-28-29(35)34(25-8-4-3-5-9-25)30(38-28)33-24-7-6-16-32-19-24/h6-7,10-19,25H,2-5,8-9,20H2,1H3/b28-18-,33-30?. The summed E-state index contributed by atoms with van der Waals surface area (Å²) in [5.41, 5.74) is 2.62. The number of halogens is 1. The van der Waals surface area contributed by atoms with E-state index in [2.05, 4.69) is 4.98 Å². The minimum Gasteiger partial charge on any atom is -0.490 e. The highest BCUT2D eigenvalue weighted by Gasteiger charge is 2.38. The van der Waals surface area contributed by atoms with Gasteiger partial charge in [0.05, 0.1) is 23.4 Å². The predicted octanol–water partition coefficient (Wildman–Crippen LogP) is 7.65. The lowest BCUT2D eigenvalue weighted by Gasteiger charge is -2.30. The molecule has 0 bridgehead atoms. The molecular formula is C30H30ClN3O3S. The number of pyridine rings is 1. The number of aliphatic imine (C=N–C) groups is 1. The third-order valence-electron chi connectivity index (χ3n) is 6.52. The first-order valence-electron chi connectivity index (χ1n) is 13.0. The quantitative estimate of drug-likeness (QED) is 0.271. The summed E-state index contributed by atoms with van der Waals surface area (Å²) in [6.45, 7) is 2.84. The van der Waals surface area contributed by atoms with Crippen LogP contribution in [0.2, 0.25) is 5.02 Å². The van der Waals surface area contributed by atoms with Gasteiger partial charge in [0, 0.05) is 17.3 Å². The molecule has 0 N–H and O–H groups in total. The Morgan fingerprint density at radius 1 is 1.08 bits per heavy atom. The van der Waals surface area contributed by atoms with Crippen LogP contribution in [0.3, 0.4) is 0 Å². The number of amidine groups is 1. The minimum absolute atomic E-state index is 0.00515. The molecule has 5 rings (SSSR count). The summed E-state index contributed by atoms with van der Waals surface area (Å²) in [7, 11) is 0. The molecule has 2 aromatic carbocycles. The molecule has 0 unspecified atom stereocenters. The topological polar surface area (TPSA) is 64.0 Å². The molecule has 0 spiro atoms. The number of amides is 1. The smallest absolute Gasteiger partial charge is 0.267 e. The van der Waals surface area contributed by atoms with E-state index in [-0.39, 0.29) is 11.9 Å². The van der Waals surface area contributed by atoms with Crippen LogP contribution in [0.5, 0.6) is 11.5 Å². The molecule has 8 heteroatoms. The number of benzene rings is 2. The first-order chi connectivity index (χ1) is 18.6. The van der Waals surface area contributed by atoms with Crippen molar-refractivity contribution >= 4 is 46.2 Å². The lowest BCUT2D eigenvalue weighted by atomic mass is 9.94. The van der Waals surface area contributed by atoms with Crippen LogP contribution in [0.25, 0.3) is 6.08 Å². The number of nitrogens with zero attached hydrogens (tertiary/aromatic N) is 3. The van der Waals surface area contributed by atoms with Gasteiger partial charge >= 0.3 is 0 Å². The molecule has 3 aromatic rings. The number of ether oxygens (including phenoxy) is 2. The summed E-state index contributed by atoms with van der Waals surface area (Å²) in [6, 6.07) is 17.3. The van der Waals surface area contributed by atoms with Gasteiger partial charge in [-0.1, -0.05) is 49.1 Å². The van der Waals surface area contributed by atoms with E-state index in [1.807, 2.05) is 72.5 Å². The highest BCUT2D eigenvalue weighted by Crippen LogP contribution is 2.39. The first kappa shape index (κ1) is 26.3. The van der Waals surface area contributed by atoms with Crippen molar-refractivity contribution in [2.75, 3.05) is 6.61 Å². The Balaban J connectivity index is 1.40. The Bertz CT molecular complexity index is 1320. The molecule has 1 amide bonds. The van der Waals surface area contributed by atoms with Crippen LogP contribution >= 0.6 is 23.4 Å². The fraction of sp³-hybridized carbons (Fsp3) is 0.300. The van der Waals surface area contributed by atoms with Gasteiger partial charge in [-0.3, -0.25) is 14.7 Å². The van der Waals surface area contributed by atoms with E-state index in [9.17, 15) is 4.79 Å². The van der Waals surface area contributed by atoms with Crippen LogP contribution in [0.4, 0.5) is 5.69 Å². The third kappa shape index (κ3) is 6.40. The van der Waals surface area contributed by atoms with Gasteiger partial charge in [-0.05, 0) is 85.1 Å². The van der Waals surface area contributed by atoms with Crippen LogP contribution < -0.4 is 9.47 Å². The molecule has 1 aromatic heterocycles. The van der Waals surface area contributed by atoms with Gasteiger partial charge < -0.3 is 9.47 Å². The summed E-state index contributed by atoms with van der Waals surface area (Å²) < 4.78 is 11.9. The second-order valence-corrected chi connectivity index (χ2v) is 10.7. The lowest BCUT2D eigenvalue weighted by Crippen LogP contribution is -2.40. The van der Waals surface area contributed by atoms with Crippen molar-refractivity contribution in [1.29, 1.82) is 0 Å². The van der Waals surface area contributed by atoms with Crippen molar-refractivity contribution in [1.82, 2.24) is 9.88 Å². The van der Waals surface area contributed by atoms with Crippen molar-refractivity contribution in [3.05, 3.63) is 88.0 Å². The molecule has 196 valence electrons. The zero-order valence-corrected chi connectivity index (χ0v) is 22.9. The fourth-order valence-corrected chi connectivity index (χ4v) is 5.84. The highest BCUT2D eigenvalue weighted by molar-refractivity contribution is 8.18. The average molecular weight is 548 g/mol. The minimum atomic E-state index is 0.00515. The molecule has 2 heterocycles. The molecular weight excluding hydrogens is 518 g/mol. The maximum Gasteiger partial charge on any atom is 0.267 e. The van der Waals surface area contributed by atoms with Crippen LogP contribution in [0.1, 0.15) is 50.2 Å².